The zero-order valence-electron chi connectivity index (χ0n) is 29.6. The van der Waals surface area contributed by atoms with Gasteiger partial charge in [-0.2, -0.15) is 5.26 Å². The molecule has 278 valence electrons. The minimum absolute atomic E-state index is 0.0816. The summed E-state index contributed by atoms with van der Waals surface area (Å²) in [5.74, 6) is 0.251. The van der Waals surface area contributed by atoms with Gasteiger partial charge in [0, 0.05) is 61.3 Å². The van der Waals surface area contributed by atoms with E-state index in [1.165, 1.54) is 18.0 Å². The van der Waals surface area contributed by atoms with Crippen molar-refractivity contribution in [3.8, 4) is 34.4 Å². The molecule has 0 spiro atoms. The van der Waals surface area contributed by atoms with Crippen molar-refractivity contribution in [1.29, 1.82) is 5.26 Å². The largest absolute Gasteiger partial charge is 0.492 e. The number of rotatable bonds is 16. The minimum Gasteiger partial charge on any atom is -0.492 e. The van der Waals surface area contributed by atoms with Crippen LogP contribution in [-0.4, -0.2) is 87.6 Å². The second-order valence-electron chi connectivity index (χ2n) is 13.7. The Morgan fingerprint density at radius 2 is 1.85 bits per heavy atom. The van der Waals surface area contributed by atoms with Crippen LogP contribution >= 0.6 is 23.2 Å². The van der Waals surface area contributed by atoms with Gasteiger partial charge in [-0.05, 0) is 68.1 Å². The van der Waals surface area contributed by atoms with Crippen LogP contribution in [-0.2, 0) is 24.4 Å². The van der Waals surface area contributed by atoms with Gasteiger partial charge in [0.2, 0.25) is 0 Å². The number of benzene rings is 3. The Hall–Kier alpha value is -4.41. The molecule has 53 heavy (non-hydrogen) atoms. The van der Waals surface area contributed by atoms with Crippen LogP contribution in [0.5, 0.6) is 17.2 Å². The van der Waals surface area contributed by atoms with Gasteiger partial charge in [0.1, 0.15) is 41.6 Å². The van der Waals surface area contributed by atoms with Gasteiger partial charge in [0.25, 0.3) is 0 Å². The summed E-state index contributed by atoms with van der Waals surface area (Å²) in [6, 6.07) is 19.0. The molecule has 0 bridgehead atoms. The third-order valence-electron chi connectivity index (χ3n) is 10.0. The predicted octanol–water partition coefficient (Wildman–Crippen LogP) is 6.29. The number of aliphatic hydroxyl groups excluding tert-OH is 2. The molecular formula is C40H42Cl2N4O7. The Labute approximate surface area is 318 Å². The summed E-state index contributed by atoms with van der Waals surface area (Å²) in [5.41, 5.74) is 4.12. The molecule has 1 unspecified atom stereocenters. The number of carboxylic acid groups (broad SMARTS) is 1. The zero-order valence-corrected chi connectivity index (χ0v) is 31.1. The van der Waals surface area contributed by atoms with Crippen LogP contribution in [0.3, 0.4) is 0 Å². The van der Waals surface area contributed by atoms with Gasteiger partial charge in [-0.15, -0.1) is 0 Å². The summed E-state index contributed by atoms with van der Waals surface area (Å²) in [6.07, 6.45) is 4.81. The molecule has 1 aliphatic carbocycles. The second kappa shape index (κ2) is 16.7. The summed E-state index contributed by atoms with van der Waals surface area (Å²) >= 11 is 13.8. The highest BCUT2D eigenvalue weighted by atomic mass is 35.5. The topological polar surface area (TPSA) is 149 Å². The SMILES string of the molecule is CN(Cc1cc(Cl)c(O[C@H]2CCc3c(-c4cccc(OCCCN5CC(O)C5)c4Cl)cccc32)cc1OCc1cncc(C#N)c1)C(C)(CO)C(=O)O. The van der Waals surface area contributed by atoms with E-state index in [-0.39, 0.29) is 25.4 Å². The molecule has 4 aromatic rings. The Morgan fingerprint density at radius 3 is 2.58 bits per heavy atom. The van der Waals surface area contributed by atoms with Crippen LogP contribution in [0.1, 0.15) is 53.7 Å². The first-order valence-corrected chi connectivity index (χ1v) is 18.2. The number of hydrogen-bond donors (Lipinski definition) is 3. The molecule has 2 aliphatic rings. The van der Waals surface area contributed by atoms with Crippen molar-refractivity contribution in [1.82, 2.24) is 14.8 Å². The molecule has 3 aromatic carbocycles. The highest BCUT2D eigenvalue weighted by Gasteiger charge is 2.37. The molecule has 2 heterocycles. The summed E-state index contributed by atoms with van der Waals surface area (Å²) in [6.45, 7) is 3.81. The van der Waals surface area contributed by atoms with E-state index in [2.05, 4.69) is 22.0 Å². The highest BCUT2D eigenvalue weighted by Crippen LogP contribution is 2.45. The van der Waals surface area contributed by atoms with Gasteiger partial charge < -0.3 is 29.5 Å². The summed E-state index contributed by atoms with van der Waals surface area (Å²) in [5, 5.41) is 39.5. The number of ether oxygens (including phenoxy) is 3. The van der Waals surface area contributed by atoms with Gasteiger partial charge in [-0.3, -0.25) is 19.6 Å². The minimum atomic E-state index is -1.55. The number of likely N-dealkylation sites (N-methyl/N-ethyl adjacent to an activating group) is 1. The number of hydrogen-bond acceptors (Lipinski definition) is 10. The molecule has 0 amide bonds. The maximum atomic E-state index is 12.1. The normalized spacial score (nSPS) is 16.8. The van der Waals surface area contributed by atoms with E-state index in [0.717, 1.165) is 41.6 Å². The van der Waals surface area contributed by atoms with E-state index in [0.29, 0.717) is 70.1 Å². The zero-order chi connectivity index (χ0) is 37.7. The van der Waals surface area contributed by atoms with E-state index >= 15 is 0 Å². The van der Waals surface area contributed by atoms with Crippen LogP contribution in [0.15, 0.2) is 67.0 Å². The number of nitriles is 1. The van der Waals surface area contributed by atoms with Crippen molar-refractivity contribution in [2.75, 3.05) is 39.9 Å². The highest BCUT2D eigenvalue weighted by molar-refractivity contribution is 6.35. The summed E-state index contributed by atoms with van der Waals surface area (Å²) in [7, 11) is 1.61. The molecule has 1 aromatic heterocycles. The van der Waals surface area contributed by atoms with Crippen LogP contribution < -0.4 is 14.2 Å². The fourth-order valence-corrected chi connectivity index (χ4v) is 7.18. The first kappa shape index (κ1) is 38.3. The van der Waals surface area contributed by atoms with Crippen molar-refractivity contribution in [3.63, 3.8) is 0 Å². The smallest absolute Gasteiger partial charge is 0.326 e. The molecule has 1 aliphatic heterocycles. The number of β-amino-alcohol motifs (C(OH)–C–C–N with tert-alkyl or cyclic N) is 1. The van der Waals surface area contributed by atoms with Gasteiger partial charge in [0.15, 0.2) is 0 Å². The number of carbonyl (C=O) groups is 1. The quantitative estimate of drug-likeness (QED) is 0.111. The van der Waals surface area contributed by atoms with E-state index in [4.69, 9.17) is 37.4 Å². The number of carboxylic acids is 1. The summed E-state index contributed by atoms with van der Waals surface area (Å²) < 4.78 is 18.9. The molecule has 1 saturated heterocycles. The van der Waals surface area contributed by atoms with Crippen molar-refractivity contribution >= 4 is 29.2 Å². The average molecular weight is 762 g/mol. The fraction of sp³-hybridized carbons (Fsp3) is 0.375. The Kier molecular flexibility index (Phi) is 12.1. The Balaban J connectivity index is 1.23. The van der Waals surface area contributed by atoms with Crippen LogP contribution in [0.2, 0.25) is 10.0 Å². The number of aliphatic carboxylic acids is 1. The molecule has 0 saturated carbocycles. The number of fused-ring (bicyclic) bond motifs is 1. The predicted molar refractivity (Wildman–Crippen MR) is 200 cm³/mol. The first-order valence-electron chi connectivity index (χ1n) is 17.5. The lowest BCUT2D eigenvalue weighted by Crippen LogP contribution is -2.52. The number of nitrogens with zero attached hydrogens (tertiary/aromatic N) is 4. The molecule has 2 atom stereocenters. The molecule has 11 nitrogen and oxygen atoms in total. The monoisotopic (exact) mass is 760 g/mol. The van der Waals surface area contributed by atoms with E-state index < -0.39 is 18.1 Å². The molecule has 6 rings (SSSR count). The van der Waals surface area contributed by atoms with Gasteiger partial charge >= 0.3 is 5.97 Å². The standard InChI is InChI=1S/C40H42Cl2N4O7/c1-40(24-47,39(49)50)45(2)20-27-15-33(41)37(16-36(27)52-23-26-14-25(17-43)18-44-19-26)53-34-11-10-30-29(6-3-7-31(30)34)32-8-4-9-35(38(32)42)51-13-5-12-46-21-28(48)22-46/h3-4,6-9,14-16,18-19,28,34,47-48H,5,10-13,20-24H2,1-2H3,(H,49,50)/t34-,40?/m0/s1. The Morgan fingerprint density at radius 1 is 1.08 bits per heavy atom. The van der Waals surface area contributed by atoms with Crippen molar-refractivity contribution in [3.05, 3.63) is 105 Å². The van der Waals surface area contributed by atoms with E-state index in [1.807, 2.05) is 30.3 Å². The molecular weight excluding hydrogens is 719 g/mol. The van der Waals surface area contributed by atoms with Gasteiger partial charge in [-0.25, -0.2) is 0 Å². The van der Waals surface area contributed by atoms with Crippen molar-refractivity contribution in [2.45, 2.75) is 57.1 Å². The number of likely N-dealkylation sites (tertiary alicyclic amines) is 1. The van der Waals surface area contributed by atoms with Crippen molar-refractivity contribution in [2.24, 2.45) is 0 Å². The fourth-order valence-electron chi connectivity index (χ4n) is 6.66. The lowest BCUT2D eigenvalue weighted by molar-refractivity contribution is -0.152. The van der Waals surface area contributed by atoms with E-state index in [1.54, 1.807) is 31.4 Å². The van der Waals surface area contributed by atoms with Crippen LogP contribution in [0.4, 0.5) is 0 Å². The third-order valence-corrected chi connectivity index (χ3v) is 10.7. The van der Waals surface area contributed by atoms with Crippen LogP contribution in [0, 0.1) is 11.3 Å². The number of aromatic nitrogens is 1. The number of halogens is 2. The molecule has 0 radical (unpaired) electrons. The molecule has 3 N–H and O–H groups in total. The van der Waals surface area contributed by atoms with Crippen molar-refractivity contribution < 1.29 is 34.3 Å². The third kappa shape index (κ3) is 8.54. The van der Waals surface area contributed by atoms with Gasteiger partial charge in [-0.1, -0.05) is 53.5 Å². The molecule has 1 fully saturated rings. The lowest BCUT2D eigenvalue weighted by atomic mass is 9.96. The maximum Gasteiger partial charge on any atom is 0.326 e. The van der Waals surface area contributed by atoms with Crippen LogP contribution in [0.25, 0.3) is 11.1 Å². The number of pyridine rings is 1. The lowest BCUT2D eigenvalue weighted by Gasteiger charge is -2.35. The molecule has 13 heteroatoms. The average Bonchev–Trinajstić information content (AvgIpc) is 3.56. The second-order valence-corrected chi connectivity index (χ2v) is 14.5. The first-order chi connectivity index (χ1) is 25.5. The van der Waals surface area contributed by atoms with E-state index in [9.17, 15) is 25.4 Å². The maximum absolute atomic E-state index is 12.1. The van der Waals surface area contributed by atoms with Gasteiger partial charge in [0.05, 0.1) is 34.9 Å². The summed E-state index contributed by atoms with van der Waals surface area (Å²) in [4.78, 5) is 19.9. The number of aliphatic hydroxyl groups is 2. The Bertz CT molecular complexity index is 2000.